The maximum atomic E-state index is 12.8. The van der Waals surface area contributed by atoms with Crippen molar-refractivity contribution >= 4 is 10.9 Å². The summed E-state index contributed by atoms with van der Waals surface area (Å²) in [4.78, 5) is 7.05. The van der Waals surface area contributed by atoms with Gasteiger partial charge in [0.05, 0.1) is 5.56 Å². The van der Waals surface area contributed by atoms with Crippen molar-refractivity contribution in [2.75, 3.05) is 0 Å². The average molecular weight is 333 g/mol. The molecule has 126 valence electrons. The molecule has 2 heterocycles. The molecule has 0 aliphatic heterocycles. The summed E-state index contributed by atoms with van der Waals surface area (Å²) in [7, 11) is 0. The summed E-state index contributed by atoms with van der Waals surface area (Å²) in [6.45, 7) is 4.62. The number of benzene rings is 1. The van der Waals surface area contributed by atoms with Crippen molar-refractivity contribution in [3.8, 4) is 0 Å². The molecule has 0 radical (unpaired) electrons. The second-order valence-electron chi connectivity index (χ2n) is 6.29. The van der Waals surface area contributed by atoms with Gasteiger partial charge in [0.2, 0.25) is 0 Å². The summed E-state index contributed by atoms with van der Waals surface area (Å²) in [6, 6.07) is 7.65. The van der Waals surface area contributed by atoms with Crippen LogP contribution in [0.1, 0.15) is 30.5 Å². The zero-order valence-electron chi connectivity index (χ0n) is 13.4. The van der Waals surface area contributed by atoms with Gasteiger partial charge >= 0.3 is 6.18 Å². The molecule has 0 fully saturated rings. The van der Waals surface area contributed by atoms with Crippen molar-refractivity contribution in [3.05, 3.63) is 65.6 Å². The maximum Gasteiger partial charge on any atom is 0.416 e. The molecule has 2 N–H and O–H groups in total. The Hall–Kier alpha value is -2.34. The number of rotatable bonds is 4. The zero-order chi connectivity index (χ0) is 17.4. The smallest absolute Gasteiger partial charge is 0.361 e. The number of hydrogen-bond donors (Lipinski definition) is 2. The standard InChI is InChI=1S/C18H18F3N3/c1-17(2,14-4-3-7-22-11-14)24-10-12-9-23-16-8-13(18(19,20)21)5-6-15(12)16/h3-9,11,23-24H,10H2,1-2H3. The molecule has 0 saturated carbocycles. The molecule has 0 atom stereocenters. The minimum Gasteiger partial charge on any atom is -0.361 e. The van der Waals surface area contributed by atoms with E-state index in [1.54, 1.807) is 18.6 Å². The first-order chi connectivity index (χ1) is 11.3. The Morgan fingerprint density at radius 1 is 1.12 bits per heavy atom. The van der Waals surface area contributed by atoms with Gasteiger partial charge in [0.1, 0.15) is 0 Å². The van der Waals surface area contributed by atoms with Crippen molar-refractivity contribution in [1.29, 1.82) is 0 Å². The van der Waals surface area contributed by atoms with E-state index in [1.807, 2.05) is 26.0 Å². The number of H-pyrrole nitrogens is 1. The molecule has 0 spiro atoms. The molecular weight excluding hydrogens is 315 g/mol. The third kappa shape index (κ3) is 3.28. The minimum absolute atomic E-state index is 0.302. The highest BCUT2D eigenvalue weighted by Gasteiger charge is 2.30. The first kappa shape index (κ1) is 16.5. The molecule has 0 saturated heterocycles. The van der Waals surface area contributed by atoms with Gasteiger partial charge in [-0.1, -0.05) is 12.1 Å². The van der Waals surface area contributed by atoms with Crippen LogP contribution in [-0.2, 0) is 18.3 Å². The molecule has 3 nitrogen and oxygen atoms in total. The molecule has 6 heteroatoms. The van der Waals surface area contributed by atoms with E-state index in [2.05, 4.69) is 15.3 Å². The Balaban J connectivity index is 1.81. The van der Waals surface area contributed by atoms with Crippen molar-refractivity contribution in [2.45, 2.75) is 32.1 Å². The first-order valence-electron chi connectivity index (χ1n) is 7.60. The second-order valence-corrected chi connectivity index (χ2v) is 6.29. The number of nitrogens with one attached hydrogen (secondary N) is 2. The van der Waals surface area contributed by atoms with Gasteiger partial charge in [-0.2, -0.15) is 13.2 Å². The van der Waals surface area contributed by atoms with Gasteiger partial charge in [-0.15, -0.1) is 0 Å². The number of aromatic nitrogens is 2. The lowest BCUT2D eigenvalue weighted by atomic mass is 9.95. The van der Waals surface area contributed by atoms with E-state index in [4.69, 9.17) is 0 Å². The number of halogens is 3. The molecule has 1 aromatic carbocycles. The monoisotopic (exact) mass is 333 g/mol. The summed E-state index contributed by atoms with van der Waals surface area (Å²) in [5.74, 6) is 0. The van der Waals surface area contributed by atoms with Crippen LogP contribution in [0.5, 0.6) is 0 Å². The highest BCUT2D eigenvalue weighted by atomic mass is 19.4. The van der Waals surface area contributed by atoms with Gasteiger partial charge in [0.15, 0.2) is 0 Å². The summed E-state index contributed by atoms with van der Waals surface area (Å²) >= 11 is 0. The lowest BCUT2D eigenvalue weighted by Gasteiger charge is -2.26. The fraction of sp³-hybridized carbons (Fsp3) is 0.278. The van der Waals surface area contributed by atoms with Crippen LogP contribution in [0.4, 0.5) is 13.2 Å². The largest absolute Gasteiger partial charge is 0.416 e. The molecule has 0 unspecified atom stereocenters. The van der Waals surface area contributed by atoms with Crippen molar-refractivity contribution in [1.82, 2.24) is 15.3 Å². The van der Waals surface area contributed by atoms with E-state index >= 15 is 0 Å². The summed E-state index contributed by atoms with van der Waals surface area (Å²) in [5, 5.41) is 4.22. The van der Waals surface area contributed by atoms with Crippen molar-refractivity contribution in [3.63, 3.8) is 0 Å². The van der Waals surface area contributed by atoms with Crippen LogP contribution in [0.15, 0.2) is 48.9 Å². The quantitative estimate of drug-likeness (QED) is 0.732. The van der Waals surface area contributed by atoms with Crippen LogP contribution < -0.4 is 5.32 Å². The van der Waals surface area contributed by atoms with E-state index < -0.39 is 11.7 Å². The molecule has 0 amide bonds. The number of nitrogens with zero attached hydrogens (tertiary/aromatic N) is 1. The minimum atomic E-state index is -4.33. The first-order valence-corrected chi connectivity index (χ1v) is 7.60. The predicted molar refractivity (Wildman–Crippen MR) is 87.4 cm³/mol. The fourth-order valence-corrected chi connectivity index (χ4v) is 2.66. The molecule has 0 aliphatic carbocycles. The van der Waals surface area contributed by atoms with Crippen LogP contribution in [0.25, 0.3) is 10.9 Å². The van der Waals surface area contributed by atoms with Gasteiger partial charge in [-0.25, -0.2) is 0 Å². The van der Waals surface area contributed by atoms with Gasteiger partial charge in [0.25, 0.3) is 0 Å². The molecule has 3 rings (SSSR count). The van der Waals surface area contributed by atoms with Crippen molar-refractivity contribution in [2.24, 2.45) is 0 Å². The normalized spacial score (nSPS) is 12.7. The van der Waals surface area contributed by atoms with Gasteiger partial charge in [-0.3, -0.25) is 4.98 Å². The van der Waals surface area contributed by atoms with Crippen LogP contribution in [0.2, 0.25) is 0 Å². The fourth-order valence-electron chi connectivity index (χ4n) is 2.66. The van der Waals surface area contributed by atoms with E-state index in [-0.39, 0.29) is 5.54 Å². The number of alkyl halides is 3. The Kier molecular flexibility index (Phi) is 4.09. The second kappa shape index (κ2) is 5.94. The Bertz CT molecular complexity index is 836. The topological polar surface area (TPSA) is 40.7 Å². The van der Waals surface area contributed by atoms with Gasteiger partial charge in [-0.05, 0) is 43.2 Å². The molecule has 2 aromatic heterocycles. The molecule has 0 bridgehead atoms. The van der Waals surface area contributed by atoms with Gasteiger partial charge < -0.3 is 10.3 Å². The van der Waals surface area contributed by atoms with Crippen molar-refractivity contribution < 1.29 is 13.2 Å². The summed E-state index contributed by atoms with van der Waals surface area (Å²) in [6.07, 6.45) is 0.937. The zero-order valence-corrected chi connectivity index (χ0v) is 13.4. The molecule has 3 aromatic rings. The SMILES string of the molecule is CC(C)(NCc1c[nH]c2cc(C(F)(F)F)ccc12)c1cccnc1. The predicted octanol–water partition coefficient (Wildman–Crippen LogP) is 4.61. The van der Waals surface area contributed by atoms with E-state index in [0.29, 0.717) is 12.1 Å². The Morgan fingerprint density at radius 2 is 1.92 bits per heavy atom. The average Bonchev–Trinajstić information content (AvgIpc) is 2.95. The Morgan fingerprint density at radius 3 is 2.58 bits per heavy atom. The summed E-state index contributed by atoms with van der Waals surface area (Å²) in [5.41, 5.74) is 1.51. The lowest BCUT2D eigenvalue weighted by Crippen LogP contribution is -2.35. The van der Waals surface area contributed by atoms with E-state index in [1.165, 1.54) is 6.07 Å². The number of hydrogen-bond acceptors (Lipinski definition) is 2. The molecule has 0 aliphatic rings. The number of aromatic amines is 1. The van der Waals surface area contributed by atoms with Gasteiger partial charge in [0, 0.05) is 41.6 Å². The van der Waals surface area contributed by atoms with E-state index in [0.717, 1.165) is 28.6 Å². The highest BCUT2D eigenvalue weighted by molar-refractivity contribution is 5.83. The van der Waals surface area contributed by atoms with Crippen LogP contribution in [0.3, 0.4) is 0 Å². The third-order valence-corrected chi connectivity index (χ3v) is 4.20. The lowest BCUT2D eigenvalue weighted by molar-refractivity contribution is -0.137. The van der Waals surface area contributed by atoms with Crippen LogP contribution in [-0.4, -0.2) is 9.97 Å². The van der Waals surface area contributed by atoms with E-state index in [9.17, 15) is 13.2 Å². The number of fused-ring (bicyclic) bond motifs is 1. The molecule has 24 heavy (non-hydrogen) atoms. The number of pyridine rings is 1. The third-order valence-electron chi connectivity index (χ3n) is 4.20. The highest BCUT2D eigenvalue weighted by Crippen LogP contribution is 2.32. The van der Waals surface area contributed by atoms with Crippen LogP contribution in [0, 0.1) is 0 Å². The maximum absolute atomic E-state index is 12.8. The molecular formula is C18H18F3N3. The summed E-state index contributed by atoms with van der Waals surface area (Å²) < 4.78 is 38.3. The Labute approximate surface area is 137 Å². The van der Waals surface area contributed by atoms with Crippen LogP contribution >= 0.6 is 0 Å².